The second-order valence-corrected chi connectivity index (χ2v) is 4.05. The van der Waals surface area contributed by atoms with E-state index in [1.165, 1.54) is 5.56 Å². The second kappa shape index (κ2) is 5.27. The summed E-state index contributed by atoms with van der Waals surface area (Å²) >= 11 is 0. The van der Waals surface area contributed by atoms with Gasteiger partial charge in [0.05, 0.1) is 6.21 Å². The van der Waals surface area contributed by atoms with Gasteiger partial charge in [0.15, 0.2) is 5.69 Å². The number of H-pyrrole nitrogens is 1. The highest BCUT2D eigenvalue weighted by atomic mass is 16.2. The van der Waals surface area contributed by atoms with Crippen LogP contribution in [-0.2, 0) is 0 Å². The Kier molecular flexibility index (Phi) is 3.52. The van der Waals surface area contributed by atoms with Crippen molar-refractivity contribution < 1.29 is 4.79 Å². The van der Waals surface area contributed by atoms with Crippen molar-refractivity contribution in [2.24, 2.45) is 5.10 Å². The zero-order chi connectivity index (χ0) is 13.0. The van der Waals surface area contributed by atoms with Gasteiger partial charge in [0, 0.05) is 5.69 Å². The number of aromatic nitrogens is 2. The predicted octanol–water partition coefficient (Wildman–Crippen LogP) is 1.79. The van der Waals surface area contributed by atoms with Gasteiger partial charge >= 0.3 is 0 Å². The van der Waals surface area contributed by atoms with E-state index in [9.17, 15) is 4.79 Å². The molecule has 5 nitrogen and oxygen atoms in total. The molecular formula is C13H14N4O. The average molecular weight is 242 g/mol. The van der Waals surface area contributed by atoms with E-state index in [-0.39, 0.29) is 5.91 Å². The van der Waals surface area contributed by atoms with Gasteiger partial charge in [-0.3, -0.25) is 9.89 Å². The molecule has 0 saturated carbocycles. The fraction of sp³-hybridized carbons (Fsp3) is 0.154. The molecular weight excluding hydrogens is 228 g/mol. The van der Waals surface area contributed by atoms with E-state index in [0.717, 1.165) is 11.3 Å². The number of aromatic amines is 1. The molecule has 0 spiro atoms. The molecule has 5 heteroatoms. The molecule has 18 heavy (non-hydrogen) atoms. The third-order valence-corrected chi connectivity index (χ3v) is 2.40. The fourth-order valence-corrected chi connectivity index (χ4v) is 1.41. The van der Waals surface area contributed by atoms with Crippen LogP contribution in [0.4, 0.5) is 0 Å². The quantitative estimate of drug-likeness (QED) is 0.636. The molecule has 0 fully saturated rings. The van der Waals surface area contributed by atoms with Gasteiger partial charge < -0.3 is 0 Å². The summed E-state index contributed by atoms with van der Waals surface area (Å²) in [6.07, 6.45) is 1.59. The van der Waals surface area contributed by atoms with Crippen molar-refractivity contribution in [1.29, 1.82) is 0 Å². The molecule has 1 amide bonds. The molecule has 0 bridgehead atoms. The summed E-state index contributed by atoms with van der Waals surface area (Å²) in [5.74, 6) is -0.331. The van der Waals surface area contributed by atoms with Crippen LogP contribution in [0.5, 0.6) is 0 Å². The van der Waals surface area contributed by atoms with Crippen LogP contribution in [-0.4, -0.2) is 22.3 Å². The number of carbonyl (C=O) groups is 1. The van der Waals surface area contributed by atoms with Gasteiger partial charge in [-0.15, -0.1) is 0 Å². The van der Waals surface area contributed by atoms with Crippen LogP contribution in [0.1, 0.15) is 27.3 Å². The smallest absolute Gasteiger partial charge is 0.282 e. The number of nitrogens with one attached hydrogen (secondary N) is 2. The number of hydrazone groups is 1. The van der Waals surface area contributed by atoms with Crippen LogP contribution >= 0.6 is 0 Å². The SMILES string of the molecule is Cc1ccc(/C=N/NC(=O)c2cc(C)[nH]n2)cc1. The van der Waals surface area contributed by atoms with Gasteiger partial charge in [-0.1, -0.05) is 29.8 Å². The molecule has 2 rings (SSSR count). The summed E-state index contributed by atoms with van der Waals surface area (Å²) in [6, 6.07) is 9.50. The topological polar surface area (TPSA) is 70.1 Å². The summed E-state index contributed by atoms with van der Waals surface area (Å²) in [4.78, 5) is 11.6. The number of aryl methyl sites for hydroxylation is 2. The molecule has 0 aliphatic carbocycles. The lowest BCUT2D eigenvalue weighted by Crippen LogP contribution is -2.17. The van der Waals surface area contributed by atoms with E-state index < -0.39 is 0 Å². The summed E-state index contributed by atoms with van der Waals surface area (Å²) < 4.78 is 0. The van der Waals surface area contributed by atoms with E-state index in [2.05, 4.69) is 20.7 Å². The molecule has 0 aliphatic rings. The van der Waals surface area contributed by atoms with Crippen LogP contribution in [0.2, 0.25) is 0 Å². The lowest BCUT2D eigenvalue weighted by atomic mass is 10.2. The van der Waals surface area contributed by atoms with Crippen molar-refractivity contribution in [3.05, 3.63) is 52.8 Å². The number of rotatable bonds is 3. The Morgan fingerprint density at radius 2 is 2.06 bits per heavy atom. The van der Waals surface area contributed by atoms with E-state index >= 15 is 0 Å². The van der Waals surface area contributed by atoms with Gasteiger partial charge in [-0.25, -0.2) is 5.43 Å². The van der Waals surface area contributed by atoms with Gasteiger partial charge in [-0.05, 0) is 25.5 Å². The molecule has 2 N–H and O–H groups in total. The summed E-state index contributed by atoms with van der Waals surface area (Å²) in [5.41, 5.74) is 5.70. The third-order valence-electron chi connectivity index (χ3n) is 2.40. The Labute approximate surface area is 105 Å². The highest BCUT2D eigenvalue weighted by Crippen LogP contribution is 2.00. The zero-order valence-electron chi connectivity index (χ0n) is 10.3. The Bertz CT molecular complexity index is 569. The first-order chi connectivity index (χ1) is 8.65. The molecule has 92 valence electrons. The number of benzene rings is 1. The van der Waals surface area contributed by atoms with Crippen molar-refractivity contribution in [2.45, 2.75) is 13.8 Å². The average Bonchev–Trinajstić information content (AvgIpc) is 2.78. The predicted molar refractivity (Wildman–Crippen MR) is 69.6 cm³/mol. The lowest BCUT2D eigenvalue weighted by molar-refractivity contribution is 0.0950. The number of nitrogens with zero attached hydrogens (tertiary/aromatic N) is 2. The first-order valence-corrected chi connectivity index (χ1v) is 5.57. The number of hydrogen-bond acceptors (Lipinski definition) is 3. The lowest BCUT2D eigenvalue weighted by Gasteiger charge is -1.96. The Morgan fingerprint density at radius 1 is 1.33 bits per heavy atom. The molecule has 2 aromatic rings. The zero-order valence-corrected chi connectivity index (χ0v) is 10.3. The molecule has 1 heterocycles. The van der Waals surface area contributed by atoms with Gasteiger partial charge in [0.2, 0.25) is 0 Å². The number of amides is 1. The van der Waals surface area contributed by atoms with Crippen molar-refractivity contribution >= 4 is 12.1 Å². The first-order valence-electron chi connectivity index (χ1n) is 5.57. The van der Waals surface area contributed by atoms with Gasteiger partial charge in [0.25, 0.3) is 5.91 Å². The van der Waals surface area contributed by atoms with Crippen molar-refractivity contribution in [3.8, 4) is 0 Å². The second-order valence-electron chi connectivity index (χ2n) is 4.05. The molecule has 0 saturated heterocycles. The maximum Gasteiger partial charge on any atom is 0.291 e. The Balaban J connectivity index is 1.95. The molecule has 1 aromatic heterocycles. The number of hydrogen-bond donors (Lipinski definition) is 2. The van der Waals surface area contributed by atoms with Crippen LogP contribution in [0.3, 0.4) is 0 Å². The monoisotopic (exact) mass is 242 g/mol. The van der Waals surface area contributed by atoms with Crippen LogP contribution < -0.4 is 5.43 Å². The summed E-state index contributed by atoms with van der Waals surface area (Å²) in [5, 5.41) is 10.4. The highest BCUT2D eigenvalue weighted by Gasteiger charge is 2.06. The van der Waals surface area contributed by atoms with E-state index in [4.69, 9.17) is 0 Å². The van der Waals surface area contributed by atoms with E-state index in [1.807, 2.05) is 38.1 Å². The summed E-state index contributed by atoms with van der Waals surface area (Å²) in [7, 11) is 0. The van der Waals surface area contributed by atoms with E-state index in [1.54, 1.807) is 12.3 Å². The molecule has 0 radical (unpaired) electrons. The third kappa shape index (κ3) is 3.04. The van der Waals surface area contributed by atoms with Crippen LogP contribution in [0.25, 0.3) is 0 Å². The minimum Gasteiger partial charge on any atom is -0.282 e. The van der Waals surface area contributed by atoms with Crippen molar-refractivity contribution in [3.63, 3.8) is 0 Å². The minimum absolute atomic E-state index is 0.327. The standard InChI is InChI=1S/C13H14N4O/c1-9-3-5-11(6-4-9)8-14-17-13(18)12-7-10(2)15-16-12/h3-8H,1-2H3,(H,15,16)(H,17,18)/b14-8+. The minimum atomic E-state index is -0.331. The number of carbonyl (C=O) groups excluding carboxylic acids is 1. The van der Waals surface area contributed by atoms with Gasteiger partial charge in [-0.2, -0.15) is 10.2 Å². The largest absolute Gasteiger partial charge is 0.291 e. The highest BCUT2D eigenvalue weighted by molar-refractivity contribution is 5.93. The maximum atomic E-state index is 11.6. The van der Waals surface area contributed by atoms with Gasteiger partial charge in [0.1, 0.15) is 0 Å². The van der Waals surface area contributed by atoms with Crippen LogP contribution in [0.15, 0.2) is 35.4 Å². The van der Waals surface area contributed by atoms with Crippen molar-refractivity contribution in [1.82, 2.24) is 15.6 Å². The van der Waals surface area contributed by atoms with Crippen LogP contribution in [0, 0.1) is 13.8 Å². The summed E-state index contributed by atoms with van der Waals surface area (Å²) in [6.45, 7) is 3.85. The molecule has 0 unspecified atom stereocenters. The Hall–Kier alpha value is -2.43. The fourth-order valence-electron chi connectivity index (χ4n) is 1.41. The molecule has 1 aromatic carbocycles. The first kappa shape index (κ1) is 12.0. The van der Waals surface area contributed by atoms with E-state index in [0.29, 0.717) is 5.69 Å². The maximum absolute atomic E-state index is 11.6. The Morgan fingerprint density at radius 3 is 2.67 bits per heavy atom. The molecule has 0 aliphatic heterocycles. The normalized spacial score (nSPS) is 10.8. The molecule has 0 atom stereocenters. The van der Waals surface area contributed by atoms with Crippen molar-refractivity contribution in [2.75, 3.05) is 0 Å².